The van der Waals surface area contributed by atoms with Crippen molar-refractivity contribution >= 4 is 11.9 Å². The number of amides is 1. The van der Waals surface area contributed by atoms with Crippen LogP contribution in [0.5, 0.6) is 0 Å². The number of nitrogens with zero attached hydrogens (tertiary/aromatic N) is 1. The second-order valence-corrected chi connectivity index (χ2v) is 4.23. The normalized spacial score (nSPS) is 36.2. The minimum absolute atomic E-state index is 0.0382. The van der Waals surface area contributed by atoms with E-state index in [2.05, 4.69) is 0 Å². The van der Waals surface area contributed by atoms with Gasteiger partial charge < -0.3 is 10.0 Å². The van der Waals surface area contributed by atoms with Crippen molar-refractivity contribution in [3.8, 4) is 0 Å². The zero-order valence-corrected chi connectivity index (χ0v) is 8.27. The van der Waals surface area contributed by atoms with Crippen molar-refractivity contribution in [1.29, 1.82) is 0 Å². The summed E-state index contributed by atoms with van der Waals surface area (Å²) >= 11 is 0. The molecule has 0 aromatic heterocycles. The fourth-order valence-corrected chi connectivity index (χ4v) is 2.85. The molecule has 1 saturated carbocycles. The van der Waals surface area contributed by atoms with Crippen LogP contribution >= 0.6 is 0 Å². The van der Waals surface area contributed by atoms with E-state index in [1.807, 2.05) is 6.92 Å². The van der Waals surface area contributed by atoms with E-state index in [1.165, 1.54) is 0 Å². The van der Waals surface area contributed by atoms with Crippen molar-refractivity contribution in [2.45, 2.75) is 32.2 Å². The maximum atomic E-state index is 11.6. The number of carbonyl (C=O) groups is 2. The Morgan fingerprint density at radius 1 is 1.57 bits per heavy atom. The molecule has 2 fully saturated rings. The molecular formula is C10H15NO3. The maximum Gasteiger partial charge on any atom is 0.308 e. The molecule has 0 spiro atoms. The average molecular weight is 197 g/mol. The van der Waals surface area contributed by atoms with Gasteiger partial charge in [-0.2, -0.15) is 0 Å². The number of carboxylic acids is 1. The highest BCUT2D eigenvalue weighted by Gasteiger charge is 2.47. The number of rotatable bonds is 2. The zero-order chi connectivity index (χ0) is 10.3. The van der Waals surface area contributed by atoms with Crippen LogP contribution in [0.1, 0.15) is 26.2 Å². The van der Waals surface area contributed by atoms with Crippen LogP contribution in [0.25, 0.3) is 0 Å². The Balaban J connectivity index is 2.21. The lowest BCUT2D eigenvalue weighted by atomic mass is 9.98. The first-order valence-electron chi connectivity index (χ1n) is 5.15. The fraction of sp³-hybridized carbons (Fsp3) is 0.800. The standard InChI is InChI=1S/C10H15NO3/c1-2-11-8-4-6(5-9(11)12)3-7(8)10(13)14/h6-8H,2-5H2,1H3,(H,13,14)/t6-,7+,8+/m0/s1. The monoisotopic (exact) mass is 197 g/mol. The molecule has 4 heteroatoms. The van der Waals surface area contributed by atoms with Gasteiger partial charge in [-0.25, -0.2) is 0 Å². The molecular weight excluding hydrogens is 182 g/mol. The number of piperidine rings is 1. The van der Waals surface area contributed by atoms with Gasteiger partial charge in [-0.15, -0.1) is 0 Å². The molecule has 0 radical (unpaired) electrons. The van der Waals surface area contributed by atoms with Gasteiger partial charge >= 0.3 is 5.97 Å². The summed E-state index contributed by atoms with van der Waals surface area (Å²) in [6.45, 7) is 2.55. The highest BCUT2D eigenvalue weighted by Crippen LogP contribution is 2.41. The van der Waals surface area contributed by atoms with Crippen LogP contribution < -0.4 is 0 Å². The number of hydrogen-bond donors (Lipinski definition) is 1. The molecule has 1 saturated heterocycles. The van der Waals surface area contributed by atoms with Crippen LogP contribution in [0, 0.1) is 11.8 Å². The van der Waals surface area contributed by atoms with Crippen molar-refractivity contribution in [3.63, 3.8) is 0 Å². The van der Waals surface area contributed by atoms with Crippen molar-refractivity contribution in [2.75, 3.05) is 6.54 Å². The minimum Gasteiger partial charge on any atom is -0.481 e. The van der Waals surface area contributed by atoms with Crippen molar-refractivity contribution in [3.05, 3.63) is 0 Å². The number of hydrogen-bond acceptors (Lipinski definition) is 2. The van der Waals surface area contributed by atoms with E-state index in [0.29, 0.717) is 25.3 Å². The minimum atomic E-state index is -0.745. The molecule has 1 amide bonds. The zero-order valence-electron chi connectivity index (χ0n) is 8.27. The summed E-state index contributed by atoms with van der Waals surface area (Å²) in [5.74, 6) is -0.619. The molecule has 2 rings (SSSR count). The molecule has 1 aliphatic heterocycles. The van der Waals surface area contributed by atoms with Crippen molar-refractivity contribution in [1.82, 2.24) is 4.90 Å². The molecule has 14 heavy (non-hydrogen) atoms. The first-order valence-corrected chi connectivity index (χ1v) is 5.15. The van der Waals surface area contributed by atoms with Crippen molar-refractivity contribution in [2.24, 2.45) is 11.8 Å². The topological polar surface area (TPSA) is 57.6 Å². The highest BCUT2D eigenvalue weighted by atomic mass is 16.4. The van der Waals surface area contributed by atoms with Gasteiger partial charge in [0.25, 0.3) is 0 Å². The lowest BCUT2D eigenvalue weighted by Crippen LogP contribution is -2.46. The third kappa shape index (κ3) is 1.29. The Bertz CT molecular complexity index is 275. The van der Waals surface area contributed by atoms with Crippen molar-refractivity contribution < 1.29 is 14.7 Å². The van der Waals surface area contributed by atoms with Gasteiger partial charge in [0.1, 0.15) is 0 Å². The molecule has 1 heterocycles. The average Bonchev–Trinajstić information content (AvgIpc) is 2.45. The molecule has 4 nitrogen and oxygen atoms in total. The Kier molecular flexibility index (Phi) is 2.21. The number of carboxylic acid groups (broad SMARTS) is 1. The van der Waals surface area contributed by atoms with E-state index in [0.717, 1.165) is 6.42 Å². The van der Waals surface area contributed by atoms with Crippen LogP contribution in [0.3, 0.4) is 0 Å². The summed E-state index contributed by atoms with van der Waals surface area (Å²) in [5.41, 5.74) is 0. The Morgan fingerprint density at radius 2 is 2.29 bits per heavy atom. The maximum absolute atomic E-state index is 11.6. The van der Waals surface area contributed by atoms with Crippen LogP contribution in [-0.4, -0.2) is 34.5 Å². The first-order chi connectivity index (χ1) is 6.63. The van der Waals surface area contributed by atoms with Gasteiger partial charge in [0.05, 0.1) is 5.92 Å². The predicted molar refractivity (Wildman–Crippen MR) is 49.6 cm³/mol. The summed E-state index contributed by atoms with van der Waals surface area (Å²) in [6.07, 6.45) is 2.12. The highest BCUT2D eigenvalue weighted by molar-refractivity contribution is 5.81. The molecule has 3 atom stereocenters. The summed E-state index contributed by atoms with van der Waals surface area (Å²) in [4.78, 5) is 24.3. The predicted octanol–water partition coefficient (Wildman–Crippen LogP) is 0.718. The Labute approximate surface area is 82.9 Å². The van der Waals surface area contributed by atoms with Gasteiger partial charge in [0, 0.05) is 19.0 Å². The van der Waals surface area contributed by atoms with E-state index in [9.17, 15) is 9.59 Å². The quantitative estimate of drug-likeness (QED) is 0.709. The molecule has 0 unspecified atom stereocenters. The lowest BCUT2D eigenvalue weighted by molar-refractivity contribution is -0.145. The second kappa shape index (κ2) is 3.26. The SMILES string of the molecule is CCN1C(=O)C[C@@H]2C[C@@H]1[C@H](C(=O)O)C2. The summed E-state index contributed by atoms with van der Waals surface area (Å²) in [5, 5.41) is 9.02. The molecule has 2 aliphatic rings. The number of carbonyl (C=O) groups excluding carboxylic acids is 1. The van der Waals surface area contributed by atoms with E-state index in [-0.39, 0.29) is 17.9 Å². The number of likely N-dealkylation sites (tertiary alicyclic amines) is 1. The fourth-order valence-electron chi connectivity index (χ4n) is 2.85. The molecule has 2 bridgehead atoms. The lowest BCUT2D eigenvalue weighted by Gasteiger charge is -2.33. The second-order valence-electron chi connectivity index (χ2n) is 4.23. The Morgan fingerprint density at radius 3 is 2.86 bits per heavy atom. The van der Waals surface area contributed by atoms with Gasteiger partial charge in [0.15, 0.2) is 0 Å². The smallest absolute Gasteiger partial charge is 0.308 e. The summed E-state index contributed by atoms with van der Waals surface area (Å²) < 4.78 is 0. The molecule has 0 aromatic rings. The molecule has 1 aliphatic carbocycles. The van der Waals surface area contributed by atoms with Crippen LogP contribution in [0.15, 0.2) is 0 Å². The van der Waals surface area contributed by atoms with Crippen LogP contribution in [-0.2, 0) is 9.59 Å². The Hall–Kier alpha value is -1.06. The van der Waals surface area contributed by atoms with Gasteiger partial charge in [-0.3, -0.25) is 9.59 Å². The third-order valence-corrected chi connectivity index (χ3v) is 3.47. The van der Waals surface area contributed by atoms with E-state index < -0.39 is 5.97 Å². The third-order valence-electron chi connectivity index (χ3n) is 3.47. The van der Waals surface area contributed by atoms with Crippen LogP contribution in [0.4, 0.5) is 0 Å². The molecule has 78 valence electrons. The number of fused-ring (bicyclic) bond motifs is 2. The summed E-state index contributed by atoms with van der Waals surface area (Å²) in [6, 6.07) is -0.0382. The number of aliphatic carboxylic acids is 1. The molecule has 1 N–H and O–H groups in total. The largest absolute Gasteiger partial charge is 0.481 e. The van der Waals surface area contributed by atoms with E-state index >= 15 is 0 Å². The van der Waals surface area contributed by atoms with Gasteiger partial charge in [-0.1, -0.05) is 0 Å². The van der Waals surface area contributed by atoms with Crippen LogP contribution in [0.2, 0.25) is 0 Å². The van der Waals surface area contributed by atoms with Gasteiger partial charge in [0.2, 0.25) is 5.91 Å². The first kappa shape index (κ1) is 9.49. The molecule has 0 aromatic carbocycles. The summed E-state index contributed by atoms with van der Waals surface area (Å²) in [7, 11) is 0. The van der Waals surface area contributed by atoms with E-state index in [1.54, 1.807) is 4.90 Å². The van der Waals surface area contributed by atoms with Gasteiger partial charge in [-0.05, 0) is 25.7 Å². The van der Waals surface area contributed by atoms with E-state index in [4.69, 9.17) is 5.11 Å².